The van der Waals surface area contributed by atoms with Crippen LogP contribution in [0.25, 0.3) is 0 Å². The molecule has 1 amide bonds. The van der Waals surface area contributed by atoms with Crippen LogP contribution in [0.5, 0.6) is 0 Å². The third-order valence-electron chi connectivity index (χ3n) is 2.96. The van der Waals surface area contributed by atoms with E-state index in [0.29, 0.717) is 11.8 Å². The monoisotopic (exact) mass is 208 g/mol. The van der Waals surface area contributed by atoms with Crippen LogP contribution in [0.15, 0.2) is 16.7 Å². The molecule has 82 valence electrons. The van der Waals surface area contributed by atoms with Gasteiger partial charge in [0.25, 0.3) is 5.91 Å². The Morgan fingerprint density at radius 3 is 3.00 bits per heavy atom. The Bertz CT molecular complexity index is 353. The van der Waals surface area contributed by atoms with Crippen LogP contribution >= 0.6 is 0 Å². The van der Waals surface area contributed by atoms with Gasteiger partial charge in [-0.25, -0.2) is 0 Å². The maximum atomic E-state index is 12.0. The molecule has 0 radical (unpaired) electrons. The number of hydrogen-bond acceptors (Lipinski definition) is 3. The molecule has 1 aliphatic heterocycles. The predicted octanol–water partition coefficient (Wildman–Crippen LogP) is 1.02. The Kier molecular flexibility index (Phi) is 2.77. The van der Waals surface area contributed by atoms with E-state index in [2.05, 4.69) is 5.32 Å². The predicted molar refractivity (Wildman–Crippen MR) is 56.8 cm³/mol. The summed E-state index contributed by atoms with van der Waals surface area (Å²) in [6.07, 6.45) is 2.57. The molecule has 1 fully saturated rings. The number of nitrogens with one attached hydrogen (secondary N) is 1. The van der Waals surface area contributed by atoms with E-state index in [4.69, 9.17) is 4.42 Å². The van der Waals surface area contributed by atoms with Gasteiger partial charge in [-0.2, -0.15) is 0 Å². The molecule has 0 aromatic carbocycles. The summed E-state index contributed by atoms with van der Waals surface area (Å²) in [6.45, 7) is 3.75. The maximum Gasteiger partial charge on any atom is 0.289 e. The van der Waals surface area contributed by atoms with Crippen molar-refractivity contribution in [3.8, 4) is 0 Å². The first-order valence-electron chi connectivity index (χ1n) is 5.22. The van der Waals surface area contributed by atoms with E-state index in [0.717, 1.165) is 25.1 Å². The van der Waals surface area contributed by atoms with Gasteiger partial charge in [0.1, 0.15) is 0 Å². The molecular weight excluding hydrogens is 192 g/mol. The largest absolute Gasteiger partial charge is 0.459 e. The van der Waals surface area contributed by atoms with Gasteiger partial charge in [0.2, 0.25) is 0 Å². The molecule has 2 rings (SSSR count). The number of rotatable bonds is 2. The van der Waals surface area contributed by atoms with Crippen molar-refractivity contribution in [1.29, 1.82) is 0 Å². The summed E-state index contributed by atoms with van der Waals surface area (Å²) in [6, 6.07) is 2.11. The van der Waals surface area contributed by atoms with Crippen molar-refractivity contribution in [1.82, 2.24) is 10.2 Å². The minimum Gasteiger partial charge on any atom is -0.459 e. The Morgan fingerprint density at radius 2 is 2.47 bits per heavy atom. The summed E-state index contributed by atoms with van der Waals surface area (Å²) in [4.78, 5) is 13.8. The fourth-order valence-corrected chi connectivity index (χ4v) is 1.89. The van der Waals surface area contributed by atoms with Gasteiger partial charge >= 0.3 is 0 Å². The number of carbonyl (C=O) groups excluding carboxylic acids is 1. The lowest BCUT2D eigenvalue weighted by Gasteiger charge is -2.22. The van der Waals surface area contributed by atoms with Gasteiger partial charge in [0, 0.05) is 25.2 Å². The van der Waals surface area contributed by atoms with Crippen LogP contribution < -0.4 is 5.32 Å². The molecule has 0 spiro atoms. The van der Waals surface area contributed by atoms with Crippen molar-refractivity contribution in [2.75, 3.05) is 20.1 Å². The number of likely N-dealkylation sites (N-methyl/N-ethyl adjacent to an activating group) is 1. The number of amides is 1. The number of furan rings is 1. The third-order valence-corrected chi connectivity index (χ3v) is 2.96. The van der Waals surface area contributed by atoms with Gasteiger partial charge < -0.3 is 14.6 Å². The lowest BCUT2D eigenvalue weighted by atomic mass is 10.2. The molecule has 15 heavy (non-hydrogen) atoms. The van der Waals surface area contributed by atoms with E-state index in [9.17, 15) is 4.79 Å². The molecule has 1 atom stereocenters. The topological polar surface area (TPSA) is 45.5 Å². The highest BCUT2D eigenvalue weighted by molar-refractivity contribution is 5.92. The van der Waals surface area contributed by atoms with Crippen LogP contribution in [-0.2, 0) is 0 Å². The van der Waals surface area contributed by atoms with E-state index in [1.54, 1.807) is 11.2 Å². The molecule has 1 unspecified atom stereocenters. The average molecular weight is 208 g/mol. The molecule has 0 aliphatic carbocycles. The molecule has 1 aromatic rings. The van der Waals surface area contributed by atoms with Crippen molar-refractivity contribution in [3.63, 3.8) is 0 Å². The minimum absolute atomic E-state index is 0.0220. The Morgan fingerprint density at radius 1 is 1.67 bits per heavy atom. The van der Waals surface area contributed by atoms with Crippen LogP contribution in [0.2, 0.25) is 0 Å². The summed E-state index contributed by atoms with van der Waals surface area (Å²) in [7, 11) is 1.84. The molecular formula is C11H16N2O2. The Hall–Kier alpha value is -1.29. The van der Waals surface area contributed by atoms with E-state index in [1.807, 2.05) is 20.0 Å². The highest BCUT2D eigenvalue weighted by atomic mass is 16.3. The van der Waals surface area contributed by atoms with Gasteiger partial charge in [-0.3, -0.25) is 4.79 Å². The smallest absolute Gasteiger partial charge is 0.289 e. The van der Waals surface area contributed by atoms with Crippen LogP contribution in [0.3, 0.4) is 0 Å². The van der Waals surface area contributed by atoms with Crippen LogP contribution in [0, 0.1) is 6.92 Å². The zero-order valence-corrected chi connectivity index (χ0v) is 9.12. The zero-order valence-electron chi connectivity index (χ0n) is 9.12. The number of hydrogen-bond donors (Lipinski definition) is 1. The third kappa shape index (κ3) is 1.90. The van der Waals surface area contributed by atoms with Crippen molar-refractivity contribution in [3.05, 3.63) is 23.7 Å². The van der Waals surface area contributed by atoms with E-state index >= 15 is 0 Å². The van der Waals surface area contributed by atoms with Crippen LogP contribution in [-0.4, -0.2) is 37.0 Å². The fraction of sp³-hybridized carbons (Fsp3) is 0.545. The fourth-order valence-electron chi connectivity index (χ4n) is 1.89. The van der Waals surface area contributed by atoms with Gasteiger partial charge in [-0.05, 0) is 26.0 Å². The van der Waals surface area contributed by atoms with Gasteiger partial charge in [-0.1, -0.05) is 0 Å². The molecule has 0 bridgehead atoms. The van der Waals surface area contributed by atoms with Crippen molar-refractivity contribution < 1.29 is 9.21 Å². The summed E-state index contributed by atoms with van der Waals surface area (Å²) >= 11 is 0. The second-order valence-electron chi connectivity index (χ2n) is 4.00. The SMILES string of the molecule is Cc1ccoc1C(=O)N(C)C1CCNC1. The first kappa shape index (κ1) is 10.2. The normalized spacial score (nSPS) is 20.5. The summed E-state index contributed by atoms with van der Waals surface area (Å²) < 4.78 is 5.20. The van der Waals surface area contributed by atoms with Crippen LogP contribution in [0.1, 0.15) is 22.5 Å². The summed E-state index contributed by atoms with van der Waals surface area (Å²) in [5.74, 6) is 0.440. The van der Waals surface area contributed by atoms with Crippen molar-refractivity contribution in [2.45, 2.75) is 19.4 Å². The first-order valence-corrected chi connectivity index (χ1v) is 5.22. The lowest BCUT2D eigenvalue weighted by Crippen LogP contribution is -2.38. The molecule has 4 heteroatoms. The Labute approximate surface area is 89.2 Å². The van der Waals surface area contributed by atoms with Gasteiger partial charge in [-0.15, -0.1) is 0 Å². The molecule has 1 aromatic heterocycles. The van der Waals surface area contributed by atoms with Gasteiger partial charge in [0.05, 0.1) is 6.26 Å². The van der Waals surface area contributed by atoms with E-state index in [-0.39, 0.29) is 5.91 Å². The molecule has 1 N–H and O–H groups in total. The molecule has 1 aliphatic rings. The maximum absolute atomic E-state index is 12.0. The Balaban J connectivity index is 2.10. The second-order valence-corrected chi connectivity index (χ2v) is 4.00. The lowest BCUT2D eigenvalue weighted by molar-refractivity contribution is 0.0710. The highest BCUT2D eigenvalue weighted by Crippen LogP contribution is 2.15. The number of aryl methyl sites for hydroxylation is 1. The molecule has 2 heterocycles. The minimum atomic E-state index is -0.0220. The second kappa shape index (κ2) is 4.06. The number of nitrogens with zero attached hydrogens (tertiary/aromatic N) is 1. The molecule has 0 saturated carbocycles. The number of carbonyl (C=O) groups is 1. The zero-order chi connectivity index (χ0) is 10.8. The van der Waals surface area contributed by atoms with E-state index in [1.165, 1.54) is 0 Å². The van der Waals surface area contributed by atoms with Crippen LogP contribution in [0.4, 0.5) is 0 Å². The molecule has 1 saturated heterocycles. The average Bonchev–Trinajstić information content (AvgIpc) is 2.85. The van der Waals surface area contributed by atoms with E-state index < -0.39 is 0 Å². The first-order chi connectivity index (χ1) is 7.20. The van der Waals surface area contributed by atoms with Crippen molar-refractivity contribution >= 4 is 5.91 Å². The quantitative estimate of drug-likeness (QED) is 0.789. The molecule has 4 nitrogen and oxygen atoms in total. The standard InChI is InChI=1S/C11H16N2O2/c1-8-4-6-15-10(8)11(14)13(2)9-3-5-12-7-9/h4,6,9,12H,3,5,7H2,1-2H3. The summed E-state index contributed by atoms with van der Waals surface area (Å²) in [5, 5.41) is 3.24. The van der Waals surface area contributed by atoms with Crippen molar-refractivity contribution in [2.24, 2.45) is 0 Å². The highest BCUT2D eigenvalue weighted by Gasteiger charge is 2.26. The van der Waals surface area contributed by atoms with Gasteiger partial charge in [0.15, 0.2) is 5.76 Å². The summed E-state index contributed by atoms with van der Waals surface area (Å²) in [5.41, 5.74) is 0.901.